The lowest BCUT2D eigenvalue weighted by atomic mass is 10.2. The van der Waals surface area contributed by atoms with E-state index in [1.165, 1.54) is 12.8 Å². The zero-order chi connectivity index (χ0) is 11.3. The van der Waals surface area contributed by atoms with Crippen LogP contribution in [0.2, 0.25) is 0 Å². The average molecular weight is 294 g/mol. The summed E-state index contributed by atoms with van der Waals surface area (Å²) in [5.41, 5.74) is 0. The van der Waals surface area contributed by atoms with Crippen LogP contribution in [-0.4, -0.2) is 27.8 Å². The first-order valence-electron chi connectivity index (χ1n) is 5.75. The number of thioether (sulfide) groups is 1. The summed E-state index contributed by atoms with van der Waals surface area (Å²) in [6.07, 6.45) is 4.50. The molecule has 0 aromatic carbocycles. The van der Waals surface area contributed by atoms with Crippen molar-refractivity contribution in [3.05, 3.63) is 0 Å². The van der Waals surface area contributed by atoms with Crippen molar-refractivity contribution in [2.75, 3.05) is 5.75 Å². The lowest BCUT2D eigenvalue weighted by Crippen LogP contribution is -2.42. The Morgan fingerprint density at radius 3 is 2.87 bits per heavy atom. The molecule has 15 heavy (non-hydrogen) atoms. The van der Waals surface area contributed by atoms with Crippen molar-refractivity contribution in [3.8, 4) is 0 Å². The van der Waals surface area contributed by atoms with Gasteiger partial charge in [-0.1, -0.05) is 36.2 Å². The van der Waals surface area contributed by atoms with Crippen LogP contribution >= 0.6 is 27.7 Å². The number of carbonyl (C=O) groups excluding carboxylic acids is 1. The molecule has 1 N–H and O–H groups in total. The van der Waals surface area contributed by atoms with Crippen LogP contribution < -0.4 is 5.32 Å². The van der Waals surface area contributed by atoms with Gasteiger partial charge in [0.15, 0.2) is 0 Å². The third-order valence-electron chi connectivity index (χ3n) is 2.80. The smallest absolute Gasteiger partial charge is 0.234 e. The van der Waals surface area contributed by atoms with E-state index in [2.05, 4.69) is 28.2 Å². The van der Waals surface area contributed by atoms with E-state index >= 15 is 0 Å². The number of amides is 1. The van der Waals surface area contributed by atoms with E-state index in [0.717, 1.165) is 18.6 Å². The summed E-state index contributed by atoms with van der Waals surface area (Å²) < 4.78 is 0. The molecule has 0 radical (unpaired) electrons. The van der Waals surface area contributed by atoms with Crippen LogP contribution in [-0.2, 0) is 4.79 Å². The minimum atomic E-state index is -0.0228. The van der Waals surface area contributed by atoms with Crippen molar-refractivity contribution in [2.24, 2.45) is 0 Å². The number of nitrogens with one attached hydrogen (secondary N) is 1. The van der Waals surface area contributed by atoms with Gasteiger partial charge in [0.25, 0.3) is 0 Å². The lowest BCUT2D eigenvalue weighted by Gasteiger charge is -2.21. The summed E-state index contributed by atoms with van der Waals surface area (Å²) in [5.74, 6) is 1.30. The van der Waals surface area contributed by atoms with E-state index in [9.17, 15) is 4.79 Å². The van der Waals surface area contributed by atoms with Crippen molar-refractivity contribution in [3.63, 3.8) is 0 Å². The maximum absolute atomic E-state index is 11.7. The van der Waals surface area contributed by atoms with Crippen LogP contribution in [0.1, 0.15) is 39.5 Å². The summed E-state index contributed by atoms with van der Waals surface area (Å²) in [5, 5.41) is 3.79. The monoisotopic (exact) mass is 293 g/mol. The largest absolute Gasteiger partial charge is 0.351 e. The fraction of sp³-hybridized carbons (Fsp3) is 0.909. The number of alkyl halides is 1. The highest BCUT2D eigenvalue weighted by Crippen LogP contribution is 2.30. The minimum absolute atomic E-state index is 0.0228. The normalized spacial score (nSPS) is 27.7. The second-order valence-corrected chi connectivity index (χ2v) is 6.54. The molecule has 0 aromatic heterocycles. The first-order valence-corrected chi connectivity index (χ1v) is 7.71. The molecule has 1 aliphatic rings. The van der Waals surface area contributed by atoms with E-state index in [1.807, 2.05) is 18.7 Å². The Morgan fingerprint density at radius 1 is 1.53 bits per heavy atom. The number of carbonyl (C=O) groups is 1. The van der Waals surface area contributed by atoms with Crippen molar-refractivity contribution >= 4 is 33.6 Å². The second kappa shape index (κ2) is 6.79. The van der Waals surface area contributed by atoms with Gasteiger partial charge in [-0.05, 0) is 25.0 Å². The Hall–Kier alpha value is 0.300. The summed E-state index contributed by atoms with van der Waals surface area (Å²) >= 11 is 5.37. The van der Waals surface area contributed by atoms with E-state index in [1.54, 1.807) is 0 Å². The summed E-state index contributed by atoms with van der Waals surface area (Å²) in [4.78, 5) is 11.7. The number of hydrogen-bond acceptors (Lipinski definition) is 2. The summed E-state index contributed by atoms with van der Waals surface area (Å²) in [7, 11) is 0. The molecule has 1 fully saturated rings. The van der Waals surface area contributed by atoms with Gasteiger partial charge in [-0.2, -0.15) is 11.8 Å². The van der Waals surface area contributed by atoms with Gasteiger partial charge in [-0.25, -0.2) is 0 Å². The molecular weight excluding hydrogens is 274 g/mol. The minimum Gasteiger partial charge on any atom is -0.351 e. The van der Waals surface area contributed by atoms with Crippen molar-refractivity contribution < 1.29 is 4.79 Å². The quantitative estimate of drug-likeness (QED) is 0.790. The van der Waals surface area contributed by atoms with Crippen molar-refractivity contribution in [1.29, 1.82) is 0 Å². The number of halogens is 1. The van der Waals surface area contributed by atoms with Gasteiger partial charge in [0.1, 0.15) is 0 Å². The molecule has 0 aromatic rings. The van der Waals surface area contributed by atoms with E-state index in [4.69, 9.17) is 0 Å². The maximum Gasteiger partial charge on any atom is 0.234 e. The van der Waals surface area contributed by atoms with Gasteiger partial charge in [-0.3, -0.25) is 4.79 Å². The third-order valence-corrected chi connectivity index (χ3v) is 5.19. The summed E-state index contributed by atoms with van der Waals surface area (Å²) in [6, 6.07) is 0.397. The second-order valence-electron chi connectivity index (χ2n) is 3.92. The Morgan fingerprint density at radius 2 is 2.27 bits per heavy atom. The first-order chi connectivity index (χ1) is 7.19. The predicted octanol–water partition coefficient (Wildman–Crippen LogP) is 2.95. The van der Waals surface area contributed by atoms with Gasteiger partial charge in [0.05, 0.1) is 4.83 Å². The number of hydrogen-bond donors (Lipinski definition) is 1. The van der Waals surface area contributed by atoms with E-state index < -0.39 is 0 Å². The molecule has 3 atom stereocenters. The summed E-state index contributed by atoms with van der Waals surface area (Å²) in [6.45, 7) is 4.20. The van der Waals surface area contributed by atoms with Gasteiger partial charge in [0.2, 0.25) is 5.91 Å². The zero-order valence-electron chi connectivity index (χ0n) is 9.46. The first kappa shape index (κ1) is 13.4. The van der Waals surface area contributed by atoms with E-state index in [-0.39, 0.29) is 10.7 Å². The van der Waals surface area contributed by atoms with Crippen LogP contribution in [0.5, 0.6) is 0 Å². The molecule has 88 valence electrons. The lowest BCUT2D eigenvalue weighted by molar-refractivity contribution is -0.121. The van der Waals surface area contributed by atoms with Crippen molar-refractivity contribution in [1.82, 2.24) is 5.32 Å². The molecule has 0 bridgehead atoms. The molecule has 0 spiro atoms. The molecule has 0 saturated heterocycles. The topological polar surface area (TPSA) is 29.1 Å². The highest BCUT2D eigenvalue weighted by Gasteiger charge is 2.29. The van der Waals surface area contributed by atoms with Crippen LogP contribution in [0.4, 0.5) is 0 Å². The van der Waals surface area contributed by atoms with E-state index in [0.29, 0.717) is 11.3 Å². The van der Waals surface area contributed by atoms with Crippen LogP contribution in [0, 0.1) is 0 Å². The molecule has 1 aliphatic carbocycles. The highest BCUT2D eigenvalue weighted by molar-refractivity contribution is 9.10. The molecule has 0 aliphatic heterocycles. The third kappa shape index (κ3) is 3.99. The van der Waals surface area contributed by atoms with Gasteiger partial charge >= 0.3 is 0 Å². The van der Waals surface area contributed by atoms with Gasteiger partial charge < -0.3 is 5.32 Å². The van der Waals surface area contributed by atoms with Gasteiger partial charge in [0, 0.05) is 11.3 Å². The van der Waals surface area contributed by atoms with Crippen molar-refractivity contribution in [2.45, 2.75) is 55.6 Å². The molecule has 2 nitrogen and oxygen atoms in total. The Bertz CT molecular complexity index is 213. The Balaban J connectivity index is 2.39. The SMILES string of the molecule is CCSC1CCCC1NC(=O)C(Br)CC. The molecule has 3 unspecified atom stereocenters. The molecule has 1 rings (SSSR count). The average Bonchev–Trinajstić information content (AvgIpc) is 2.65. The number of rotatable bonds is 5. The highest BCUT2D eigenvalue weighted by atomic mass is 79.9. The molecule has 0 heterocycles. The fourth-order valence-electron chi connectivity index (χ4n) is 1.96. The Labute approximate surface area is 105 Å². The molecular formula is C11H20BrNOS. The Kier molecular flexibility index (Phi) is 6.05. The molecule has 1 saturated carbocycles. The van der Waals surface area contributed by atoms with Crippen LogP contribution in [0.3, 0.4) is 0 Å². The van der Waals surface area contributed by atoms with Crippen LogP contribution in [0.25, 0.3) is 0 Å². The van der Waals surface area contributed by atoms with Gasteiger partial charge in [-0.15, -0.1) is 0 Å². The predicted molar refractivity (Wildman–Crippen MR) is 70.7 cm³/mol. The van der Waals surface area contributed by atoms with Crippen LogP contribution in [0.15, 0.2) is 0 Å². The fourth-order valence-corrected chi connectivity index (χ4v) is 3.29. The molecule has 1 amide bonds. The maximum atomic E-state index is 11.7. The zero-order valence-corrected chi connectivity index (χ0v) is 11.9. The standard InChI is InChI=1S/C11H20BrNOS/c1-3-8(12)11(14)13-9-6-5-7-10(9)15-4-2/h8-10H,3-7H2,1-2H3,(H,13,14). The molecule has 4 heteroatoms.